The predicted octanol–water partition coefficient (Wildman–Crippen LogP) is 2.19. The molecule has 1 saturated heterocycles. The van der Waals surface area contributed by atoms with Crippen LogP contribution in [0.2, 0.25) is 0 Å². The van der Waals surface area contributed by atoms with E-state index in [1.807, 2.05) is 12.1 Å². The smallest absolute Gasteiger partial charge is 0.326 e. The molecule has 0 atom stereocenters. The number of anilines is 1. The lowest BCUT2D eigenvalue weighted by Crippen LogP contribution is -2.36. The van der Waals surface area contributed by atoms with Crippen molar-refractivity contribution in [3.05, 3.63) is 24.3 Å². The van der Waals surface area contributed by atoms with Gasteiger partial charge in [0.05, 0.1) is 17.5 Å². The van der Waals surface area contributed by atoms with Crippen LogP contribution in [0.5, 0.6) is 0 Å². The first kappa shape index (κ1) is 19.8. The molecule has 8 heteroatoms. The summed E-state index contributed by atoms with van der Waals surface area (Å²) in [6, 6.07) is 9.13. The zero-order valence-electron chi connectivity index (χ0n) is 14.4. The zero-order chi connectivity index (χ0) is 18.8. The van der Waals surface area contributed by atoms with Crippen LogP contribution in [-0.4, -0.2) is 48.1 Å². The number of hydrogen-bond acceptors (Lipinski definition) is 6. The van der Waals surface area contributed by atoms with Gasteiger partial charge in [0.1, 0.15) is 6.54 Å². The Morgan fingerprint density at radius 1 is 1.27 bits per heavy atom. The average Bonchev–Trinajstić information content (AvgIpc) is 2.84. The number of carbonyl (C=O) groups is 3. The summed E-state index contributed by atoms with van der Waals surface area (Å²) in [4.78, 5) is 38.0. The van der Waals surface area contributed by atoms with Gasteiger partial charge in [0.15, 0.2) is 6.61 Å². The Labute approximate surface area is 156 Å². The summed E-state index contributed by atoms with van der Waals surface area (Å²) >= 11 is 1.31. The van der Waals surface area contributed by atoms with Gasteiger partial charge in [0.2, 0.25) is 5.91 Å². The van der Waals surface area contributed by atoms with E-state index in [9.17, 15) is 14.4 Å². The number of para-hydroxylation sites is 1. The molecule has 0 bridgehead atoms. The second kappa shape index (κ2) is 10.5. The molecule has 0 radical (unpaired) electrons. The Kier molecular flexibility index (Phi) is 7.96. The van der Waals surface area contributed by atoms with Crippen molar-refractivity contribution in [2.75, 3.05) is 30.8 Å². The van der Waals surface area contributed by atoms with E-state index >= 15 is 0 Å². The highest BCUT2D eigenvalue weighted by molar-refractivity contribution is 7.99. The summed E-state index contributed by atoms with van der Waals surface area (Å²) in [5, 5.41) is 11.3. The average molecular weight is 375 g/mol. The van der Waals surface area contributed by atoms with E-state index in [1.165, 1.54) is 16.7 Å². The summed E-state index contributed by atoms with van der Waals surface area (Å²) in [6.07, 6.45) is 3.14. The molecular weight excluding hydrogens is 354 g/mol. The van der Waals surface area contributed by atoms with Gasteiger partial charge in [-0.2, -0.15) is 5.26 Å². The van der Waals surface area contributed by atoms with Crippen molar-refractivity contribution in [3.63, 3.8) is 0 Å². The second-order valence-corrected chi connectivity index (χ2v) is 6.79. The maximum Gasteiger partial charge on any atom is 0.326 e. The number of thioether (sulfide) groups is 1. The number of esters is 1. The van der Waals surface area contributed by atoms with Gasteiger partial charge in [0, 0.05) is 17.9 Å². The Morgan fingerprint density at radius 2 is 2.08 bits per heavy atom. The van der Waals surface area contributed by atoms with Crippen LogP contribution in [-0.2, 0) is 19.1 Å². The maximum atomic E-state index is 12.0. The van der Waals surface area contributed by atoms with Crippen molar-refractivity contribution in [3.8, 4) is 6.07 Å². The van der Waals surface area contributed by atoms with Crippen molar-refractivity contribution in [1.29, 1.82) is 5.26 Å². The molecule has 0 aliphatic carbocycles. The van der Waals surface area contributed by atoms with E-state index in [-0.39, 0.29) is 18.2 Å². The lowest BCUT2D eigenvalue weighted by molar-refractivity contribution is -0.151. The van der Waals surface area contributed by atoms with Gasteiger partial charge in [-0.3, -0.25) is 14.4 Å². The summed E-state index contributed by atoms with van der Waals surface area (Å²) in [6.45, 7) is 0.00244. The summed E-state index contributed by atoms with van der Waals surface area (Å²) in [5.74, 6) is -0.841. The van der Waals surface area contributed by atoms with Gasteiger partial charge in [-0.1, -0.05) is 18.6 Å². The number of benzene rings is 1. The topological polar surface area (TPSA) is 99.5 Å². The van der Waals surface area contributed by atoms with Crippen LogP contribution >= 0.6 is 11.8 Å². The lowest BCUT2D eigenvalue weighted by atomic mass is 10.2. The molecular formula is C18H21N3O4S. The van der Waals surface area contributed by atoms with Crippen molar-refractivity contribution in [2.24, 2.45) is 0 Å². The van der Waals surface area contributed by atoms with E-state index in [1.54, 1.807) is 18.2 Å². The molecule has 0 unspecified atom stereocenters. The maximum absolute atomic E-state index is 12.0. The number of carbonyl (C=O) groups excluding carboxylic acids is 3. The number of nitrogens with one attached hydrogen (secondary N) is 1. The van der Waals surface area contributed by atoms with Crippen LogP contribution in [0.1, 0.15) is 25.7 Å². The Balaban J connectivity index is 1.80. The van der Waals surface area contributed by atoms with Gasteiger partial charge in [0.25, 0.3) is 5.91 Å². The third-order valence-electron chi connectivity index (χ3n) is 3.81. The van der Waals surface area contributed by atoms with E-state index in [2.05, 4.69) is 5.32 Å². The largest absolute Gasteiger partial charge is 0.454 e. The summed E-state index contributed by atoms with van der Waals surface area (Å²) in [5.41, 5.74) is 0.566. The van der Waals surface area contributed by atoms with Crippen molar-refractivity contribution in [1.82, 2.24) is 4.90 Å². The molecule has 0 spiro atoms. The minimum atomic E-state index is -0.595. The summed E-state index contributed by atoms with van der Waals surface area (Å²) < 4.78 is 4.98. The van der Waals surface area contributed by atoms with Crippen molar-refractivity contribution < 1.29 is 19.1 Å². The number of ether oxygens (including phenoxy) is 1. The van der Waals surface area contributed by atoms with Crippen molar-refractivity contribution >= 4 is 35.2 Å². The molecule has 1 fully saturated rings. The van der Waals surface area contributed by atoms with Crippen LogP contribution in [0.15, 0.2) is 29.2 Å². The third kappa shape index (κ3) is 6.41. The first-order chi connectivity index (χ1) is 12.6. The lowest BCUT2D eigenvalue weighted by Gasteiger charge is -2.19. The molecule has 1 aliphatic heterocycles. The van der Waals surface area contributed by atoms with Crippen LogP contribution in [0, 0.1) is 11.3 Å². The van der Waals surface area contributed by atoms with E-state index in [0.29, 0.717) is 18.7 Å². The zero-order valence-corrected chi connectivity index (χ0v) is 15.2. The summed E-state index contributed by atoms with van der Waals surface area (Å²) in [7, 11) is 0. The predicted molar refractivity (Wildman–Crippen MR) is 97.4 cm³/mol. The van der Waals surface area contributed by atoms with Gasteiger partial charge in [-0.15, -0.1) is 11.8 Å². The minimum Gasteiger partial charge on any atom is -0.454 e. The minimum absolute atomic E-state index is 0.0488. The molecule has 1 aromatic carbocycles. The van der Waals surface area contributed by atoms with Crippen LogP contribution in [0.3, 0.4) is 0 Å². The quantitative estimate of drug-likeness (QED) is 0.579. The number of rotatable bonds is 7. The van der Waals surface area contributed by atoms with E-state index in [0.717, 1.165) is 24.2 Å². The fourth-order valence-electron chi connectivity index (χ4n) is 2.55. The molecule has 0 saturated carbocycles. The SMILES string of the molecule is N#CCSc1ccccc1NC(=O)COC(=O)CN1CCCCCC1=O. The first-order valence-corrected chi connectivity index (χ1v) is 9.40. The molecule has 1 heterocycles. The fourth-order valence-corrected chi connectivity index (χ4v) is 3.21. The van der Waals surface area contributed by atoms with Gasteiger partial charge in [-0.05, 0) is 25.0 Å². The standard InChI is InChI=1S/C18H21N3O4S/c19-9-11-26-15-7-4-3-6-14(15)20-16(22)13-25-18(24)12-21-10-5-1-2-8-17(21)23/h3-4,6-7H,1-2,5,8,10-13H2,(H,20,22). The van der Waals surface area contributed by atoms with Crippen LogP contribution in [0.25, 0.3) is 0 Å². The molecule has 1 N–H and O–H groups in total. The Hall–Kier alpha value is -2.53. The van der Waals surface area contributed by atoms with Crippen LogP contribution in [0.4, 0.5) is 5.69 Å². The highest BCUT2D eigenvalue weighted by Crippen LogP contribution is 2.26. The van der Waals surface area contributed by atoms with E-state index in [4.69, 9.17) is 10.00 Å². The molecule has 1 aromatic rings. The molecule has 26 heavy (non-hydrogen) atoms. The Morgan fingerprint density at radius 3 is 2.88 bits per heavy atom. The highest BCUT2D eigenvalue weighted by atomic mass is 32.2. The van der Waals surface area contributed by atoms with Gasteiger partial charge < -0.3 is 15.0 Å². The monoisotopic (exact) mass is 375 g/mol. The Bertz CT molecular complexity index is 702. The highest BCUT2D eigenvalue weighted by Gasteiger charge is 2.20. The molecule has 2 amide bonds. The second-order valence-electron chi connectivity index (χ2n) is 5.78. The van der Waals surface area contributed by atoms with Crippen LogP contribution < -0.4 is 5.32 Å². The fraction of sp³-hybridized carbons (Fsp3) is 0.444. The van der Waals surface area contributed by atoms with Crippen molar-refractivity contribution in [2.45, 2.75) is 30.6 Å². The first-order valence-electron chi connectivity index (χ1n) is 8.42. The molecule has 2 rings (SSSR count). The molecule has 1 aliphatic rings. The number of likely N-dealkylation sites (tertiary alicyclic amines) is 1. The molecule has 0 aromatic heterocycles. The number of amides is 2. The molecule has 138 valence electrons. The van der Waals surface area contributed by atoms with Gasteiger partial charge in [-0.25, -0.2) is 0 Å². The number of nitrogens with zero attached hydrogens (tertiary/aromatic N) is 2. The van der Waals surface area contributed by atoms with Gasteiger partial charge >= 0.3 is 5.97 Å². The normalized spacial score (nSPS) is 14.3. The number of nitriles is 1. The molecule has 7 nitrogen and oxygen atoms in total. The van der Waals surface area contributed by atoms with E-state index < -0.39 is 18.5 Å². The third-order valence-corrected chi connectivity index (χ3v) is 4.75. The number of hydrogen-bond donors (Lipinski definition) is 1.